The van der Waals surface area contributed by atoms with E-state index < -0.39 is 0 Å². The summed E-state index contributed by atoms with van der Waals surface area (Å²) in [5, 5.41) is 3.56. The fourth-order valence-corrected chi connectivity index (χ4v) is 3.39. The summed E-state index contributed by atoms with van der Waals surface area (Å²) in [6.07, 6.45) is 2.54. The van der Waals surface area contributed by atoms with Crippen LogP contribution in [0.25, 0.3) is 0 Å². The molecule has 6 heteroatoms. The van der Waals surface area contributed by atoms with Crippen molar-refractivity contribution in [2.24, 2.45) is 0 Å². The van der Waals surface area contributed by atoms with E-state index in [2.05, 4.69) is 10.2 Å². The summed E-state index contributed by atoms with van der Waals surface area (Å²) >= 11 is 5.86. The molecule has 2 aromatic rings. The maximum Gasteiger partial charge on any atom is 0.225 e. The first-order valence-corrected chi connectivity index (χ1v) is 10.2. The van der Waals surface area contributed by atoms with Crippen LogP contribution in [0.4, 0.5) is 5.69 Å². The largest absolute Gasteiger partial charge is 0.490 e. The molecule has 1 aliphatic heterocycles. The minimum Gasteiger partial charge on any atom is -0.490 e. The molecule has 3 rings (SSSR count). The third-order valence-electron chi connectivity index (χ3n) is 4.76. The van der Waals surface area contributed by atoms with Gasteiger partial charge in [-0.05, 0) is 56.2 Å². The second-order valence-corrected chi connectivity index (χ2v) is 7.28. The van der Waals surface area contributed by atoms with Crippen LogP contribution in [0.1, 0.15) is 26.2 Å². The number of amides is 1. The predicted molar refractivity (Wildman–Crippen MR) is 112 cm³/mol. The molecule has 28 heavy (non-hydrogen) atoms. The highest BCUT2D eigenvalue weighted by Crippen LogP contribution is 2.29. The Morgan fingerprint density at radius 3 is 2.46 bits per heavy atom. The van der Waals surface area contributed by atoms with E-state index in [9.17, 15) is 4.79 Å². The highest BCUT2D eigenvalue weighted by Gasteiger charge is 2.22. The van der Waals surface area contributed by atoms with Crippen molar-refractivity contribution in [3.63, 3.8) is 0 Å². The Balaban J connectivity index is 1.39. The van der Waals surface area contributed by atoms with Gasteiger partial charge in [-0.25, -0.2) is 0 Å². The molecule has 0 aliphatic carbocycles. The average Bonchev–Trinajstić information content (AvgIpc) is 2.71. The van der Waals surface area contributed by atoms with Crippen molar-refractivity contribution in [1.29, 1.82) is 0 Å². The highest BCUT2D eigenvalue weighted by molar-refractivity contribution is 6.30. The van der Waals surface area contributed by atoms with Crippen LogP contribution < -0.4 is 14.8 Å². The molecule has 1 aliphatic rings. The molecule has 150 valence electrons. The lowest BCUT2D eigenvalue weighted by Crippen LogP contribution is -2.39. The lowest BCUT2D eigenvalue weighted by Gasteiger charge is -2.32. The highest BCUT2D eigenvalue weighted by atomic mass is 35.5. The van der Waals surface area contributed by atoms with Gasteiger partial charge < -0.3 is 19.7 Å². The summed E-state index contributed by atoms with van der Waals surface area (Å²) in [6.45, 7) is 5.20. The van der Waals surface area contributed by atoms with Gasteiger partial charge in [-0.15, -0.1) is 0 Å². The number of carbonyl (C=O) groups is 1. The van der Waals surface area contributed by atoms with Crippen molar-refractivity contribution in [1.82, 2.24) is 4.90 Å². The van der Waals surface area contributed by atoms with E-state index in [0.717, 1.165) is 49.7 Å². The molecule has 0 radical (unpaired) electrons. The molecule has 1 fully saturated rings. The number of likely N-dealkylation sites (tertiary alicyclic amines) is 1. The van der Waals surface area contributed by atoms with Gasteiger partial charge in [0.15, 0.2) is 11.5 Å². The Morgan fingerprint density at radius 1 is 1.11 bits per heavy atom. The number of carbonyl (C=O) groups excluding carboxylic acids is 1. The first-order valence-electron chi connectivity index (χ1n) is 9.80. The molecular formula is C22H27ClN2O3. The van der Waals surface area contributed by atoms with Crippen LogP contribution in [-0.4, -0.2) is 43.2 Å². The monoisotopic (exact) mass is 402 g/mol. The van der Waals surface area contributed by atoms with Crippen molar-refractivity contribution < 1.29 is 14.3 Å². The van der Waals surface area contributed by atoms with Crippen LogP contribution in [0.5, 0.6) is 11.5 Å². The molecule has 0 unspecified atom stereocenters. The number of para-hydroxylation sites is 2. The SMILES string of the molecule is CCOc1ccccc1OC1CCN(CCC(=O)Nc2ccc(Cl)cc2)CC1. The Bertz CT molecular complexity index is 759. The van der Waals surface area contributed by atoms with E-state index in [0.29, 0.717) is 18.1 Å². The fourth-order valence-electron chi connectivity index (χ4n) is 3.27. The summed E-state index contributed by atoms with van der Waals surface area (Å²) in [5.74, 6) is 1.63. The van der Waals surface area contributed by atoms with Gasteiger partial charge in [0.1, 0.15) is 6.10 Å². The van der Waals surface area contributed by atoms with E-state index in [1.807, 2.05) is 43.3 Å². The number of piperidine rings is 1. The molecule has 1 saturated heterocycles. The van der Waals surface area contributed by atoms with E-state index in [1.54, 1.807) is 12.1 Å². The van der Waals surface area contributed by atoms with E-state index in [-0.39, 0.29) is 12.0 Å². The molecule has 0 saturated carbocycles. The number of nitrogens with one attached hydrogen (secondary N) is 1. The number of hydrogen-bond donors (Lipinski definition) is 1. The van der Waals surface area contributed by atoms with Gasteiger partial charge in [-0.2, -0.15) is 0 Å². The maximum atomic E-state index is 12.1. The lowest BCUT2D eigenvalue weighted by molar-refractivity contribution is -0.116. The molecule has 0 bridgehead atoms. The predicted octanol–water partition coefficient (Wildman–Crippen LogP) is 4.61. The number of hydrogen-bond acceptors (Lipinski definition) is 4. The van der Waals surface area contributed by atoms with E-state index in [4.69, 9.17) is 21.1 Å². The molecule has 1 heterocycles. The molecule has 0 spiro atoms. The third-order valence-corrected chi connectivity index (χ3v) is 5.01. The minimum atomic E-state index is 0.0198. The smallest absolute Gasteiger partial charge is 0.225 e. The van der Waals surface area contributed by atoms with Crippen molar-refractivity contribution >= 4 is 23.2 Å². The number of halogens is 1. The molecule has 5 nitrogen and oxygen atoms in total. The second-order valence-electron chi connectivity index (χ2n) is 6.84. The molecule has 0 aromatic heterocycles. The van der Waals surface area contributed by atoms with Crippen molar-refractivity contribution in [2.75, 3.05) is 31.6 Å². The van der Waals surface area contributed by atoms with Crippen molar-refractivity contribution in [3.05, 3.63) is 53.6 Å². The Hall–Kier alpha value is -2.24. The average molecular weight is 403 g/mol. The first kappa shape index (κ1) is 20.5. The summed E-state index contributed by atoms with van der Waals surface area (Å²) in [6, 6.07) is 15.0. The van der Waals surface area contributed by atoms with Crippen LogP contribution in [0.15, 0.2) is 48.5 Å². The zero-order valence-corrected chi connectivity index (χ0v) is 17.0. The zero-order valence-electron chi connectivity index (χ0n) is 16.2. The maximum absolute atomic E-state index is 12.1. The zero-order chi connectivity index (χ0) is 19.8. The summed E-state index contributed by atoms with van der Waals surface area (Å²) in [5.41, 5.74) is 0.773. The van der Waals surface area contributed by atoms with Gasteiger partial charge in [0, 0.05) is 36.8 Å². The van der Waals surface area contributed by atoms with Crippen LogP contribution in [-0.2, 0) is 4.79 Å². The quantitative estimate of drug-likeness (QED) is 0.700. The van der Waals surface area contributed by atoms with Crippen molar-refractivity contribution in [3.8, 4) is 11.5 Å². The van der Waals surface area contributed by atoms with Gasteiger partial charge in [0.2, 0.25) is 5.91 Å². The normalized spacial score (nSPS) is 15.2. The summed E-state index contributed by atoms with van der Waals surface area (Å²) < 4.78 is 11.8. The fraction of sp³-hybridized carbons (Fsp3) is 0.409. The Kier molecular flexibility index (Phi) is 7.57. The van der Waals surface area contributed by atoms with E-state index in [1.165, 1.54) is 0 Å². The van der Waals surface area contributed by atoms with Gasteiger partial charge in [-0.1, -0.05) is 23.7 Å². The third kappa shape index (κ3) is 6.14. The molecule has 0 atom stereocenters. The van der Waals surface area contributed by atoms with Gasteiger partial charge >= 0.3 is 0 Å². The number of benzene rings is 2. The lowest BCUT2D eigenvalue weighted by atomic mass is 10.1. The molecule has 2 aromatic carbocycles. The minimum absolute atomic E-state index is 0.0198. The molecule has 1 amide bonds. The molecule has 1 N–H and O–H groups in total. The molecular weight excluding hydrogens is 376 g/mol. The topological polar surface area (TPSA) is 50.8 Å². The number of rotatable bonds is 8. The van der Waals surface area contributed by atoms with Crippen LogP contribution >= 0.6 is 11.6 Å². The number of ether oxygens (including phenoxy) is 2. The van der Waals surface area contributed by atoms with Gasteiger partial charge in [0.05, 0.1) is 6.61 Å². The summed E-state index contributed by atoms with van der Waals surface area (Å²) in [4.78, 5) is 14.5. The Labute approximate surface area is 171 Å². The van der Waals surface area contributed by atoms with Gasteiger partial charge in [0.25, 0.3) is 0 Å². The second kappa shape index (κ2) is 10.3. The van der Waals surface area contributed by atoms with Crippen molar-refractivity contribution in [2.45, 2.75) is 32.3 Å². The van der Waals surface area contributed by atoms with Crippen LogP contribution in [0, 0.1) is 0 Å². The van der Waals surface area contributed by atoms with Gasteiger partial charge in [-0.3, -0.25) is 4.79 Å². The number of nitrogens with zero attached hydrogens (tertiary/aromatic N) is 1. The standard InChI is InChI=1S/C22H27ClN2O3/c1-2-27-20-5-3-4-6-21(20)28-19-11-14-25(15-12-19)16-13-22(26)24-18-9-7-17(23)8-10-18/h3-10,19H,2,11-16H2,1H3,(H,24,26). The van der Waals surface area contributed by atoms with Crippen LogP contribution in [0.3, 0.4) is 0 Å². The van der Waals surface area contributed by atoms with E-state index >= 15 is 0 Å². The van der Waals surface area contributed by atoms with Crippen LogP contribution in [0.2, 0.25) is 5.02 Å². The summed E-state index contributed by atoms with van der Waals surface area (Å²) in [7, 11) is 0. The first-order chi connectivity index (χ1) is 13.6. The Morgan fingerprint density at radius 2 is 1.79 bits per heavy atom. The number of anilines is 1.